The highest BCUT2D eigenvalue weighted by atomic mass is 16.5. The summed E-state index contributed by atoms with van der Waals surface area (Å²) in [7, 11) is 0. The van der Waals surface area contributed by atoms with Crippen LogP contribution in [0.5, 0.6) is 11.5 Å². The second kappa shape index (κ2) is 5.04. The van der Waals surface area contributed by atoms with Crippen molar-refractivity contribution in [2.45, 2.75) is 6.54 Å². The van der Waals surface area contributed by atoms with Gasteiger partial charge in [0.2, 0.25) is 0 Å². The van der Waals surface area contributed by atoms with Gasteiger partial charge in [0.15, 0.2) is 0 Å². The molecule has 2 heterocycles. The largest absolute Gasteiger partial charge is 0.455 e. The first-order valence-electron chi connectivity index (χ1n) is 6.03. The normalized spacial score (nSPS) is 10.6. The first kappa shape index (κ1) is 11.6. The third kappa shape index (κ3) is 2.39. The highest BCUT2D eigenvalue weighted by Gasteiger charge is 2.04. The Hall–Kier alpha value is -2.46. The molecule has 0 aliphatic heterocycles. The number of hydrogen-bond acceptors (Lipinski definition) is 4. The van der Waals surface area contributed by atoms with Crippen LogP contribution in [-0.2, 0) is 6.54 Å². The molecule has 0 radical (unpaired) electrons. The van der Waals surface area contributed by atoms with Gasteiger partial charge >= 0.3 is 0 Å². The van der Waals surface area contributed by atoms with Crippen LogP contribution < -0.4 is 10.5 Å². The van der Waals surface area contributed by atoms with Crippen molar-refractivity contribution in [1.29, 1.82) is 0 Å². The molecule has 4 nitrogen and oxygen atoms in total. The summed E-state index contributed by atoms with van der Waals surface area (Å²) in [4.78, 5) is 8.51. The quantitative estimate of drug-likeness (QED) is 0.777. The van der Waals surface area contributed by atoms with E-state index in [0.29, 0.717) is 12.3 Å². The molecule has 3 rings (SSSR count). The smallest absolute Gasteiger partial charge is 0.145 e. The Morgan fingerprint density at radius 2 is 1.95 bits per heavy atom. The van der Waals surface area contributed by atoms with E-state index in [1.165, 1.54) is 0 Å². The van der Waals surface area contributed by atoms with Gasteiger partial charge in [0.1, 0.15) is 11.5 Å². The molecule has 2 N–H and O–H groups in total. The van der Waals surface area contributed by atoms with E-state index in [4.69, 9.17) is 10.5 Å². The van der Waals surface area contributed by atoms with Crippen molar-refractivity contribution in [2.75, 3.05) is 0 Å². The van der Waals surface area contributed by atoms with Gasteiger partial charge in [-0.2, -0.15) is 0 Å². The van der Waals surface area contributed by atoms with Gasteiger partial charge in [-0.15, -0.1) is 0 Å². The van der Waals surface area contributed by atoms with Crippen LogP contribution in [0.1, 0.15) is 5.69 Å². The Morgan fingerprint density at radius 1 is 1.00 bits per heavy atom. The molecule has 0 saturated heterocycles. The second-order valence-electron chi connectivity index (χ2n) is 4.12. The third-order valence-corrected chi connectivity index (χ3v) is 2.84. The van der Waals surface area contributed by atoms with Crippen LogP contribution >= 0.6 is 0 Å². The first-order valence-corrected chi connectivity index (χ1v) is 6.03. The van der Waals surface area contributed by atoms with Gasteiger partial charge in [-0.3, -0.25) is 9.97 Å². The van der Waals surface area contributed by atoms with Crippen LogP contribution in [0.4, 0.5) is 0 Å². The molecule has 19 heavy (non-hydrogen) atoms. The number of rotatable bonds is 3. The summed E-state index contributed by atoms with van der Waals surface area (Å²) in [6.07, 6.45) is 3.45. The van der Waals surface area contributed by atoms with Crippen molar-refractivity contribution in [2.24, 2.45) is 5.73 Å². The molecule has 0 amide bonds. The van der Waals surface area contributed by atoms with Crippen LogP contribution in [0.3, 0.4) is 0 Å². The Bertz CT molecular complexity index is 690. The molecule has 0 fully saturated rings. The topological polar surface area (TPSA) is 61.0 Å². The number of fused-ring (bicyclic) bond motifs is 1. The summed E-state index contributed by atoms with van der Waals surface area (Å²) in [6.45, 7) is 0.429. The minimum absolute atomic E-state index is 0.429. The number of benzene rings is 1. The summed E-state index contributed by atoms with van der Waals surface area (Å²) in [6, 6.07) is 13.4. The van der Waals surface area contributed by atoms with Gasteiger partial charge in [0, 0.05) is 18.1 Å². The van der Waals surface area contributed by atoms with Crippen molar-refractivity contribution in [3.05, 3.63) is 60.6 Å². The molecule has 0 atom stereocenters. The number of nitrogens with two attached hydrogens (primary N) is 1. The SMILES string of the molecule is NCc1ccc(Oc2cccc3ncccc23)cn1. The summed E-state index contributed by atoms with van der Waals surface area (Å²) in [5, 5.41) is 0.980. The van der Waals surface area contributed by atoms with Crippen LogP contribution in [0.2, 0.25) is 0 Å². The van der Waals surface area contributed by atoms with Crippen LogP contribution in [0, 0.1) is 0 Å². The molecule has 2 aromatic heterocycles. The average molecular weight is 251 g/mol. The van der Waals surface area contributed by atoms with E-state index in [1.54, 1.807) is 12.4 Å². The van der Waals surface area contributed by atoms with E-state index in [0.717, 1.165) is 22.3 Å². The number of hydrogen-bond donors (Lipinski definition) is 1. The summed E-state index contributed by atoms with van der Waals surface area (Å²) >= 11 is 0. The molecule has 0 aliphatic rings. The zero-order valence-electron chi connectivity index (χ0n) is 10.3. The summed E-state index contributed by atoms with van der Waals surface area (Å²) < 4.78 is 5.85. The fourth-order valence-corrected chi connectivity index (χ4v) is 1.88. The van der Waals surface area contributed by atoms with Gasteiger partial charge in [0.25, 0.3) is 0 Å². The molecule has 94 valence electrons. The lowest BCUT2D eigenvalue weighted by Crippen LogP contribution is -1.98. The van der Waals surface area contributed by atoms with Crippen LogP contribution in [0.15, 0.2) is 54.9 Å². The highest BCUT2D eigenvalue weighted by Crippen LogP contribution is 2.28. The minimum Gasteiger partial charge on any atom is -0.455 e. The Morgan fingerprint density at radius 3 is 2.74 bits per heavy atom. The van der Waals surface area contributed by atoms with Gasteiger partial charge in [-0.1, -0.05) is 6.07 Å². The number of aromatic nitrogens is 2. The standard InChI is InChI=1S/C15H13N3O/c16-9-11-6-7-12(10-18-11)19-15-5-1-4-14-13(15)3-2-8-17-14/h1-8,10H,9,16H2. The van der Waals surface area contributed by atoms with Crippen molar-refractivity contribution in [3.8, 4) is 11.5 Å². The van der Waals surface area contributed by atoms with Crippen molar-refractivity contribution in [1.82, 2.24) is 9.97 Å². The zero-order chi connectivity index (χ0) is 13.1. The maximum atomic E-state index is 5.85. The minimum atomic E-state index is 0.429. The molecule has 1 aromatic carbocycles. The average Bonchev–Trinajstić information content (AvgIpc) is 2.48. The predicted octanol–water partition coefficient (Wildman–Crippen LogP) is 2.88. The molecule has 0 aliphatic carbocycles. The third-order valence-electron chi connectivity index (χ3n) is 2.84. The molecule has 0 saturated carbocycles. The van der Waals surface area contributed by atoms with E-state index in [1.807, 2.05) is 42.5 Å². The van der Waals surface area contributed by atoms with E-state index in [2.05, 4.69) is 9.97 Å². The maximum absolute atomic E-state index is 5.85. The van der Waals surface area contributed by atoms with E-state index in [-0.39, 0.29) is 0 Å². The lowest BCUT2D eigenvalue weighted by Gasteiger charge is -2.08. The Kier molecular flexibility index (Phi) is 3.08. The zero-order valence-corrected chi connectivity index (χ0v) is 10.3. The molecule has 3 aromatic rings. The predicted molar refractivity (Wildman–Crippen MR) is 73.9 cm³/mol. The Labute approximate surface area is 110 Å². The lowest BCUT2D eigenvalue weighted by atomic mass is 10.2. The maximum Gasteiger partial charge on any atom is 0.145 e. The molecule has 0 unspecified atom stereocenters. The summed E-state index contributed by atoms with van der Waals surface area (Å²) in [5.41, 5.74) is 7.26. The van der Waals surface area contributed by atoms with Crippen molar-refractivity contribution >= 4 is 10.9 Å². The fourth-order valence-electron chi connectivity index (χ4n) is 1.88. The first-order chi connectivity index (χ1) is 9.36. The number of ether oxygens (including phenoxy) is 1. The molecular weight excluding hydrogens is 238 g/mol. The van der Waals surface area contributed by atoms with Crippen LogP contribution in [0.25, 0.3) is 10.9 Å². The van der Waals surface area contributed by atoms with Crippen molar-refractivity contribution in [3.63, 3.8) is 0 Å². The lowest BCUT2D eigenvalue weighted by molar-refractivity contribution is 0.485. The molecule has 0 spiro atoms. The number of nitrogens with zero attached hydrogens (tertiary/aromatic N) is 2. The van der Waals surface area contributed by atoms with Crippen molar-refractivity contribution < 1.29 is 4.74 Å². The molecule has 0 bridgehead atoms. The monoisotopic (exact) mass is 251 g/mol. The van der Waals surface area contributed by atoms with E-state index in [9.17, 15) is 0 Å². The van der Waals surface area contributed by atoms with E-state index < -0.39 is 0 Å². The molecular formula is C15H13N3O. The van der Waals surface area contributed by atoms with Gasteiger partial charge in [-0.05, 0) is 36.4 Å². The second-order valence-corrected chi connectivity index (χ2v) is 4.12. The van der Waals surface area contributed by atoms with Gasteiger partial charge in [0.05, 0.1) is 17.4 Å². The highest BCUT2D eigenvalue weighted by molar-refractivity contribution is 5.85. The fraction of sp³-hybridized carbons (Fsp3) is 0.0667. The number of pyridine rings is 2. The van der Waals surface area contributed by atoms with Crippen LogP contribution in [-0.4, -0.2) is 9.97 Å². The van der Waals surface area contributed by atoms with Gasteiger partial charge < -0.3 is 10.5 Å². The van der Waals surface area contributed by atoms with Gasteiger partial charge in [-0.25, -0.2) is 0 Å². The Balaban J connectivity index is 1.96. The summed E-state index contributed by atoms with van der Waals surface area (Å²) in [5.74, 6) is 1.46. The molecule has 4 heteroatoms. The van der Waals surface area contributed by atoms with E-state index >= 15 is 0 Å².